The highest BCUT2D eigenvalue weighted by atomic mass is 79.9. The molecular weight excluding hydrogens is 328 g/mol. The summed E-state index contributed by atoms with van der Waals surface area (Å²) in [6.45, 7) is 3.97. The van der Waals surface area contributed by atoms with Gasteiger partial charge in [-0.15, -0.1) is 0 Å². The summed E-state index contributed by atoms with van der Waals surface area (Å²) in [7, 11) is 0. The monoisotopic (exact) mass is 342 g/mol. The summed E-state index contributed by atoms with van der Waals surface area (Å²) < 4.78 is 1.01. The molecule has 1 amide bonds. The lowest BCUT2D eigenvalue weighted by atomic mass is 10.1. The van der Waals surface area contributed by atoms with E-state index in [-0.39, 0.29) is 5.91 Å². The molecule has 2 N–H and O–H groups in total. The Balaban J connectivity index is 1.93. The van der Waals surface area contributed by atoms with Gasteiger partial charge in [0.15, 0.2) is 0 Å². The molecule has 0 fully saturated rings. The van der Waals surface area contributed by atoms with Crippen molar-refractivity contribution in [3.63, 3.8) is 0 Å². The van der Waals surface area contributed by atoms with Crippen molar-refractivity contribution in [1.82, 2.24) is 4.98 Å². The number of hydrogen-bond donors (Lipinski definition) is 2. The molecule has 0 saturated heterocycles. The van der Waals surface area contributed by atoms with Crippen LogP contribution in [0.4, 0.5) is 5.69 Å². The lowest BCUT2D eigenvalue weighted by Crippen LogP contribution is -2.14. The number of para-hydroxylation sites is 1. The second-order valence-corrected chi connectivity index (χ2v) is 6.05. The maximum atomic E-state index is 12.4. The van der Waals surface area contributed by atoms with E-state index in [9.17, 15) is 4.79 Å². The highest BCUT2D eigenvalue weighted by molar-refractivity contribution is 9.10. The van der Waals surface area contributed by atoms with E-state index in [0.29, 0.717) is 5.69 Å². The van der Waals surface area contributed by atoms with Crippen LogP contribution in [0.25, 0.3) is 10.9 Å². The van der Waals surface area contributed by atoms with Crippen LogP contribution in [0, 0.1) is 13.8 Å². The van der Waals surface area contributed by atoms with Gasteiger partial charge in [-0.3, -0.25) is 4.79 Å². The number of halogens is 1. The van der Waals surface area contributed by atoms with Crippen molar-refractivity contribution in [2.45, 2.75) is 13.8 Å². The van der Waals surface area contributed by atoms with E-state index in [1.807, 2.05) is 56.3 Å². The van der Waals surface area contributed by atoms with Crippen LogP contribution in [0.5, 0.6) is 0 Å². The summed E-state index contributed by atoms with van der Waals surface area (Å²) in [6, 6.07) is 13.7. The van der Waals surface area contributed by atoms with Crippen molar-refractivity contribution in [3.05, 3.63) is 63.8 Å². The number of amides is 1. The zero-order chi connectivity index (χ0) is 15.0. The highest BCUT2D eigenvalue weighted by Gasteiger charge is 2.12. The van der Waals surface area contributed by atoms with Gasteiger partial charge in [0, 0.05) is 21.1 Å². The van der Waals surface area contributed by atoms with Gasteiger partial charge in [0.25, 0.3) is 5.91 Å². The average Bonchev–Trinajstić information content (AvgIpc) is 2.86. The fraction of sp³-hybridized carbons (Fsp3) is 0.118. The van der Waals surface area contributed by atoms with Gasteiger partial charge in [-0.1, -0.05) is 34.1 Å². The summed E-state index contributed by atoms with van der Waals surface area (Å²) >= 11 is 3.46. The number of carbonyl (C=O) groups is 1. The van der Waals surface area contributed by atoms with Crippen LogP contribution in [0.15, 0.2) is 46.9 Å². The van der Waals surface area contributed by atoms with Crippen molar-refractivity contribution in [2.75, 3.05) is 5.32 Å². The third-order valence-electron chi connectivity index (χ3n) is 3.51. The number of aromatic amines is 1. The lowest BCUT2D eigenvalue weighted by molar-refractivity contribution is 0.102. The molecule has 1 heterocycles. The Kier molecular flexibility index (Phi) is 3.55. The van der Waals surface area contributed by atoms with Gasteiger partial charge in [-0.05, 0) is 49.2 Å². The molecule has 0 spiro atoms. The second-order valence-electron chi connectivity index (χ2n) is 5.14. The molecule has 0 bridgehead atoms. The number of anilines is 1. The molecular formula is C17H15BrN2O. The molecule has 3 aromatic rings. The first-order chi connectivity index (χ1) is 10.0. The standard InChI is InChI=1S/C17H15BrN2O/c1-10-7-13(18)8-11(2)16(10)20-17(21)15-9-12-5-3-4-6-14(12)19-15/h3-9,19H,1-2H3,(H,20,21). The van der Waals surface area contributed by atoms with Crippen LogP contribution in [-0.2, 0) is 0 Å². The Morgan fingerprint density at radius 2 is 1.76 bits per heavy atom. The Labute approximate surface area is 131 Å². The summed E-state index contributed by atoms with van der Waals surface area (Å²) in [5.41, 5.74) is 4.46. The number of carbonyl (C=O) groups excluding carboxylic acids is 1. The van der Waals surface area contributed by atoms with Crippen molar-refractivity contribution >= 4 is 38.4 Å². The third kappa shape index (κ3) is 2.72. The molecule has 0 aliphatic rings. The van der Waals surface area contributed by atoms with E-state index < -0.39 is 0 Å². The third-order valence-corrected chi connectivity index (χ3v) is 3.97. The molecule has 1 aromatic heterocycles. The molecule has 4 heteroatoms. The van der Waals surface area contributed by atoms with Crippen LogP contribution in [0.1, 0.15) is 21.6 Å². The molecule has 106 valence electrons. The molecule has 21 heavy (non-hydrogen) atoms. The highest BCUT2D eigenvalue weighted by Crippen LogP contribution is 2.26. The summed E-state index contributed by atoms with van der Waals surface area (Å²) in [5.74, 6) is -0.125. The Morgan fingerprint density at radius 3 is 2.43 bits per heavy atom. The molecule has 0 saturated carbocycles. The molecule has 0 radical (unpaired) electrons. The zero-order valence-corrected chi connectivity index (χ0v) is 13.4. The first kappa shape index (κ1) is 13.9. The van der Waals surface area contributed by atoms with Crippen molar-refractivity contribution in [1.29, 1.82) is 0 Å². The van der Waals surface area contributed by atoms with Gasteiger partial charge < -0.3 is 10.3 Å². The lowest BCUT2D eigenvalue weighted by Gasteiger charge is -2.11. The largest absolute Gasteiger partial charge is 0.351 e. The maximum absolute atomic E-state index is 12.4. The molecule has 2 aromatic carbocycles. The maximum Gasteiger partial charge on any atom is 0.272 e. The van der Waals surface area contributed by atoms with E-state index in [1.165, 1.54) is 0 Å². The SMILES string of the molecule is Cc1cc(Br)cc(C)c1NC(=O)c1cc2ccccc2[nH]1. The van der Waals surface area contributed by atoms with Gasteiger partial charge in [0.05, 0.1) is 0 Å². The molecule has 0 unspecified atom stereocenters. The summed E-state index contributed by atoms with van der Waals surface area (Å²) in [4.78, 5) is 15.6. The minimum Gasteiger partial charge on any atom is -0.351 e. The number of aromatic nitrogens is 1. The van der Waals surface area contributed by atoms with Crippen LogP contribution in [0.3, 0.4) is 0 Å². The fourth-order valence-corrected chi connectivity index (χ4v) is 3.17. The van der Waals surface area contributed by atoms with Gasteiger partial charge in [-0.25, -0.2) is 0 Å². The van der Waals surface area contributed by atoms with Gasteiger partial charge in [0.2, 0.25) is 0 Å². The minimum absolute atomic E-state index is 0.125. The predicted octanol–water partition coefficient (Wildman–Crippen LogP) is 4.80. The van der Waals surface area contributed by atoms with Gasteiger partial charge >= 0.3 is 0 Å². The minimum atomic E-state index is -0.125. The van der Waals surface area contributed by atoms with E-state index in [4.69, 9.17) is 0 Å². The van der Waals surface area contributed by atoms with Crippen LogP contribution in [0.2, 0.25) is 0 Å². The van der Waals surface area contributed by atoms with Crippen LogP contribution < -0.4 is 5.32 Å². The normalized spacial score (nSPS) is 10.8. The molecule has 3 rings (SSSR count). The van der Waals surface area contributed by atoms with E-state index in [1.54, 1.807) is 0 Å². The van der Waals surface area contributed by atoms with Crippen molar-refractivity contribution in [3.8, 4) is 0 Å². The number of rotatable bonds is 2. The molecule has 0 aliphatic heterocycles. The number of benzene rings is 2. The van der Waals surface area contributed by atoms with E-state index in [2.05, 4.69) is 26.2 Å². The molecule has 3 nitrogen and oxygen atoms in total. The predicted molar refractivity (Wildman–Crippen MR) is 89.9 cm³/mol. The first-order valence-electron chi connectivity index (χ1n) is 6.70. The second kappa shape index (κ2) is 5.37. The Morgan fingerprint density at radius 1 is 1.10 bits per heavy atom. The van der Waals surface area contributed by atoms with Crippen LogP contribution in [-0.4, -0.2) is 10.9 Å². The number of hydrogen-bond acceptors (Lipinski definition) is 1. The van der Waals surface area contributed by atoms with Gasteiger partial charge in [0.1, 0.15) is 5.69 Å². The molecule has 0 aliphatic carbocycles. The first-order valence-corrected chi connectivity index (χ1v) is 7.50. The van der Waals surface area contributed by atoms with Gasteiger partial charge in [-0.2, -0.15) is 0 Å². The molecule has 0 atom stereocenters. The Hall–Kier alpha value is -2.07. The van der Waals surface area contributed by atoms with E-state index in [0.717, 1.165) is 32.2 Å². The number of aryl methyl sites for hydroxylation is 2. The average molecular weight is 343 g/mol. The van der Waals surface area contributed by atoms with Crippen molar-refractivity contribution < 1.29 is 4.79 Å². The van der Waals surface area contributed by atoms with E-state index >= 15 is 0 Å². The zero-order valence-electron chi connectivity index (χ0n) is 11.8. The fourth-order valence-electron chi connectivity index (χ4n) is 2.48. The Bertz CT molecular complexity index is 780. The number of H-pyrrole nitrogens is 1. The topological polar surface area (TPSA) is 44.9 Å². The summed E-state index contributed by atoms with van der Waals surface area (Å²) in [6.07, 6.45) is 0. The van der Waals surface area contributed by atoms with Crippen LogP contribution >= 0.6 is 15.9 Å². The summed E-state index contributed by atoms with van der Waals surface area (Å²) in [5, 5.41) is 4.03. The smallest absolute Gasteiger partial charge is 0.272 e. The quantitative estimate of drug-likeness (QED) is 0.690. The number of nitrogens with one attached hydrogen (secondary N) is 2. The number of fused-ring (bicyclic) bond motifs is 1. The van der Waals surface area contributed by atoms with Crippen molar-refractivity contribution in [2.24, 2.45) is 0 Å².